The molecule has 0 amide bonds. The highest BCUT2D eigenvalue weighted by Crippen LogP contribution is 2.09. The van der Waals surface area contributed by atoms with Crippen molar-refractivity contribution < 1.29 is 4.39 Å². The van der Waals surface area contributed by atoms with Crippen molar-refractivity contribution in [2.45, 2.75) is 0 Å². The lowest BCUT2D eigenvalue weighted by Gasteiger charge is -2.12. The van der Waals surface area contributed by atoms with Gasteiger partial charge >= 0.3 is 0 Å². The van der Waals surface area contributed by atoms with E-state index in [0.29, 0.717) is 0 Å². The van der Waals surface area contributed by atoms with E-state index >= 15 is 0 Å². The number of hydrogen-bond donors (Lipinski definition) is 2. The Kier molecular flexibility index (Phi) is 2.39. The van der Waals surface area contributed by atoms with Crippen LogP contribution in [-0.2, 0) is 0 Å². The second kappa shape index (κ2) is 3.31. The molecule has 6 heteroatoms. The summed E-state index contributed by atoms with van der Waals surface area (Å²) in [6.45, 7) is 0. The van der Waals surface area contributed by atoms with E-state index < -0.39 is 5.82 Å². The first-order valence-electron chi connectivity index (χ1n) is 3.31. The van der Waals surface area contributed by atoms with Crippen LogP contribution in [0.25, 0.3) is 0 Å². The van der Waals surface area contributed by atoms with Gasteiger partial charge in [0, 0.05) is 14.1 Å². The Morgan fingerprint density at radius 3 is 2.83 bits per heavy atom. The van der Waals surface area contributed by atoms with Crippen molar-refractivity contribution in [3.05, 3.63) is 12.0 Å². The van der Waals surface area contributed by atoms with Crippen molar-refractivity contribution in [3.8, 4) is 0 Å². The van der Waals surface area contributed by atoms with Gasteiger partial charge in [-0.3, -0.25) is 0 Å². The molecule has 0 aliphatic rings. The highest BCUT2D eigenvalue weighted by Gasteiger charge is 2.04. The number of hydrazine groups is 1. The van der Waals surface area contributed by atoms with Crippen LogP contribution in [-0.4, -0.2) is 29.1 Å². The van der Waals surface area contributed by atoms with Gasteiger partial charge in [-0.2, -0.15) is 4.98 Å². The van der Waals surface area contributed by atoms with Gasteiger partial charge in [0.1, 0.15) is 0 Å². The van der Waals surface area contributed by atoms with Gasteiger partial charge in [0.2, 0.25) is 5.95 Å². The van der Waals surface area contributed by atoms with Crippen molar-refractivity contribution in [3.63, 3.8) is 0 Å². The summed E-state index contributed by atoms with van der Waals surface area (Å²) in [6, 6.07) is 0. The van der Waals surface area contributed by atoms with E-state index in [1.165, 1.54) is 0 Å². The van der Waals surface area contributed by atoms with E-state index in [0.717, 1.165) is 6.20 Å². The molecule has 0 radical (unpaired) electrons. The van der Waals surface area contributed by atoms with Crippen molar-refractivity contribution >= 4 is 11.8 Å². The molecule has 0 saturated carbocycles. The first-order chi connectivity index (χ1) is 5.59. The number of rotatable bonds is 2. The summed E-state index contributed by atoms with van der Waals surface area (Å²) >= 11 is 0. The number of nitrogen functional groups attached to an aromatic ring is 1. The Hall–Kier alpha value is -1.43. The third-order valence-corrected chi connectivity index (χ3v) is 1.09. The van der Waals surface area contributed by atoms with Crippen LogP contribution in [0, 0.1) is 5.82 Å². The van der Waals surface area contributed by atoms with E-state index in [4.69, 9.17) is 5.73 Å². The van der Waals surface area contributed by atoms with Crippen LogP contribution in [0.5, 0.6) is 0 Å². The Morgan fingerprint density at radius 2 is 2.25 bits per heavy atom. The van der Waals surface area contributed by atoms with Crippen molar-refractivity contribution in [2.75, 3.05) is 25.3 Å². The zero-order chi connectivity index (χ0) is 9.14. The molecule has 0 unspecified atom stereocenters. The van der Waals surface area contributed by atoms with Gasteiger partial charge in [0.25, 0.3) is 0 Å². The minimum Gasteiger partial charge on any atom is -0.368 e. The molecule has 0 aromatic carbocycles. The fraction of sp³-hybridized carbons (Fsp3) is 0.333. The maximum atomic E-state index is 12.9. The molecule has 0 bridgehead atoms. The summed E-state index contributed by atoms with van der Waals surface area (Å²) in [4.78, 5) is 7.13. The minimum atomic E-state index is -0.530. The molecule has 1 aromatic rings. The molecule has 0 saturated heterocycles. The summed E-state index contributed by atoms with van der Waals surface area (Å²) in [6.07, 6.45) is 1.02. The number of nitrogens with zero attached hydrogens (tertiary/aromatic N) is 3. The Morgan fingerprint density at radius 1 is 1.58 bits per heavy atom. The predicted molar refractivity (Wildman–Crippen MR) is 43.7 cm³/mol. The summed E-state index contributed by atoms with van der Waals surface area (Å²) in [7, 11) is 3.44. The number of aromatic nitrogens is 2. The lowest BCUT2D eigenvalue weighted by Crippen LogP contribution is -2.21. The molecule has 1 rings (SSSR count). The molecule has 3 N–H and O–H groups in total. The van der Waals surface area contributed by atoms with Crippen LogP contribution < -0.4 is 11.2 Å². The van der Waals surface area contributed by atoms with Crippen molar-refractivity contribution in [1.29, 1.82) is 0 Å². The molecule has 0 aliphatic carbocycles. The van der Waals surface area contributed by atoms with Crippen LogP contribution in [0.3, 0.4) is 0 Å². The van der Waals surface area contributed by atoms with Crippen LogP contribution >= 0.6 is 0 Å². The van der Waals surface area contributed by atoms with Crippen molar-refractivity contribution in [2.24, 2.45) is 0 Å². The SMILES string of the molecule is CN(C)Nc1nc(N)ncc1F. The monoisotopic (exact) mass is 171 g/mol. The Labute approximate surface area is 69.4 Å². The maximum absolute atomic E-state index is 12.9. The van der Waals surface area contributed by atoms with E-state index in [1.807, 2.05) is 0 Å². The summed E-state index contributed by atoms with van der Waals surface area (Å²) in [5, 5.41) is 1.56. The predicted octanol–water partition coefficient (Wildman–Crippen LogP) is 0.0864. The number of anilines is 2. The lowest BCUT2D eigenvalue weighted by molar-refractivity contribution is 0.482. The molecule has 0 aliphatic heterocycles. The lowest BCUT2D eigenvalue weighted by atomic mass is 10.5. The van der Waals surface area contributed by atoms with Gasteiger partial charge < -0.3 is 11.2 Å². The van der Waals surface area contributed by atoms with Gasteiger partial charge in [-0.25, -0.2) is 14.4 Å². The van der Waals surface area contributed by atoms with Crippen LogP contribution in [0.4, 0.5) is 16.2 Å². The molecular weight excluding hydrogens is 161 g/mol. The zero-order valence-corrected chi connectivity index (χ0v) is 6.87. The van der Waals surface area contributed by atoms with Crippen LogP contribution in [0.15, 0.2) is 6.20 Å². The third-order valence-electron chi connectivity index (χ3n) is 1.09. The van der Waals surface area contributed by atoms with Gasteiger partial charge in [0.15, 0.2) is 11.6 Å². The number of hydrogen-bond acceptors (Lipinski definition) is 5. The molecular formula is C6H10FN5. The minimum absolute atomic E-state index is 0.0424. The average molecular weight is 171 g/mol. The highest BCUT2D eigenvalue weighted by molar-refractivity contribution is 5.37. The van der Waals surface area contributed by atoms with Gasteiger partial charge in [0.05, 0.1) is 6.20 Å². The van der Waals surface area contributed by atoms with Crippen LogP contribution in [0.2, 0.25) is 0 Å². The second-order valence-electron chi connectivity index (χ2n) is 2.43. The number of nitrogens with two attached hydrogens (primary N) is 1. The first-order valence-corrected chi connectivity index (χ1v) is 3.31. The summed E-state index contributed by atoms with van der Waals surface area (Å²) in [5.74, 6) is -0.411. The molecule has 0 fully saturated rings. The molecule has 5 nitrogen and oxygen atoms in total. The fourth-order valence-electron chi connectivity index (χ4n) is 0.671. The van der Waals surface area contributed by atoms with E-state index in [-0.39, 0.29) is 11.8 Å². The maximum Gasteiger partial charge on any atom is 0.222 e. The first kappa shape index (κ1) is 8.66. The summed E-state index contributed by atoms with van der Waals surface area (Å²) < 4.78 is 12.9. The standard InChI is InChI=1S/C6H10FN5/c1-12(2)11-5-4(7)3-9-6(8)10-5/h3H,1-2H3,(H3,8,9,10,11). The van der Waals surface area contributed by atoms with Crippen LogP contribution in [0.1, 0.15) is 0 Å². The number of halogens is 1. The van der Waals surface area contributed by atoms with E-state index in [9.17, 15) is 4.39 Å². The molecule has 0 atom stereocenters. The average Bonchev–Trinajstić information content (AvgIpc) is 1.96. The van der Waals surface area contributed by atoms with E-state index in [2.05, 4.69) is 15.4 Å². The second-order valence-corrected chi connectivity index (χ2v) is 2.43. The van der Waals surface area contributed by atoms with Gasteiger partial charge in [-0.05, 0) is 0 Å². The Bertz CT molecular complexity index is 275. The normalized spacial score (nSPS) is 10.3. The molecule has 12 heavy (non-hydrogen) atoms. The van der Waals surface area contributed by atoms with Gasteiger partial charge in [-0.1, -0.05) is 0 Å². The Balaban J connectivity index is 2.90. The quantitative estimate of drug-likeness (QED) is 0.617. The topological polar surface area (TPSA) is 67.1 Å². The fourth-order valence-corrected chi connectivity index (χ4v) is 0.671. The zero-order valence-electron chi connectivity index (χ0n) is 6.87. The summed E-state index contributed by atoms with van der Waals surface area (Å²) in [5.41, 5.74) is 7.90. The van der Waals surface area contributed by atoms with Gasteiger partial charge in [-0.15, -0.1) is 0 Å². The largest absolute Gasteiger partial charge is 0.368 e. The highest BCUT2D eigenvalue weighted by atomic mass is 19.1. The molecule has 0 spiro atoms. The molecule has 1 heterocycles. The number of nitrogens with one attached hydrogen (secondary N) is 1. The molecule has 1 aromatic heterocycles. The van der Waals surface area contributed by atoms with E-state index in [1.54, 1.807) is 19.1 Å². The third kappa shape index (κ3) is 2.03. The smallest absolute Gasteiger partial charge is 0.222 e. The molecule has 66 valence electrons. The van der Waals surface area contributed by atoms with Crippen molar-refractivity contribution in [1.82, 2.24) is 15.0 Å².